The molecule has 7 heteroatoms. The van der Waals surface area contributed by atoms with Crippen molar-refractivity contribution in [2.75, 3.05) is 31.1 Å². The Bertz CT molecular complexity index is 518. The Labute approximate surface area is 122 Å². The molecule has 2 aliphatic heterocycles. The number of nitrogens with zero attached hydrogens (tertiary/aromatic N) is 4. The standard InChI is InChI=1S/C13H20N4O2S/c1-4-13-7-16(5-6-17(13)12(18)19-8-13)11-15-14-10(20-11)9(2)3/h9H,4-8H2,1-3H3. The summed E-state index contributed by atoms with van der Waals surface area (Å²) in [5, 5.41) is 10.6. The lowest BCUT2D eigenvalue weighted by atomic mass is 9.93. The molecule has 1 unspecified atom stereocenters. The number of carbonyl (C=O) groups excluding carboxylic acids is 1. The van der Waals surface area contributed by atoms with Crippen LogP contribution in [0.4, 0.5) is 9.93 Å². The number of piperazine rings is 1. The number of hydrogen-bond donors (Lipinski definition) is 0. The molecule has 1 aromatic rings. The van der Waals surface area contributed by atoms with Gasteiger partial charge in [-0.05, 0) is 6.42 Å². The van der Waals surface area contributed by atoms with Crippen molar-refractivity contribution in [3.05, 3.63) is 5.01 Å². The molecule has 6 nitrogen and oxygen atoms in total. The quantitative estimate of drug-likeness (QED) is 0.854. The Balaban J connectivity index is 1.81. The molecule has 20 heavy (non-hydrogen) atoms. The number of anilines is 1. The smallest absolute Gasteiger partial charge is 0.410 e. The molecule has 2 saturated heterocycles. The summed E-state index contributed by atoms with van der Waals surface area (Å²) in [6, 6.07) is 0. The van der Waals surface area contributed by atoms with E-state index in [9.17, 15) is 4.79 Å². The van der Waals surface area contributed by atoms with Crippen LogP contribution in [-0.4, -0.2) is 53.0 Å². The fourth-order valence-electron chi connectivity index (χ4n) is 2.82. The zero-order valence-electron chi connectivity index (χ0n) is 12.1. The molecule has 0 aromatic carbocycles. The van der Waals surface area contributed by atoms with E-state index in [1.165, 1.54) is 0 Å². The predicted molar refractivity (Wildman–Crippen MR) is 77.3 cm³/mol. The molecule has 110 valence electrons. The van der Waals surface area contributed by atoms with Crippen LogP contribution in [0.5, 0.6) is 0 Å². The third-order valence-electron chi connectivity index (χ3n) is 4.19. The molecular weight excluding hydrogens is 276 g/mol. The summed E-state index contributed by atoms with van der Waals surface area (Å²) < 4.78 is 5.25. The first-order valence-corrected chi connectivity index (χ1v) is 7.90. The number of amides is 1. The number of fused-ring (bicyclic) bond motifs is 1. The molecule has 1 aromatic heterocycles. The number of cyclic esters (lactones) is 1. The summed E-state index contributed by atoms with van der Waals surface area (Å²) in [6.07, 6.45) is 0.720. The third-order valence-corrected chi connectivity index (χ3v) is 5.47. The SMILES string of the molecule is CCC12COC(=O)N1CCN(c1nnc(C(C)C)s1)C2. The number of ether oxygens (including phenoxy) is 1. The van der Waals surface area contributed by atoms with Gasteiger partial charge >= 0.3 is 6.09 Å². The second-order valence-electron chi connectivity index (χ2n) is 5.78. The van der Waals surface area contributed by atoms with Crippen molar-refractivity contribution < 1.29 is 9.53 Å². The average Bonchev–Trinajstić information content (AvgIpc) is 3.05. The van der Waals surface area contributed by atoms with Gasteiger partial charge in [0.05, 0.1) is 5.54 Å². The third kappa shape index (κ3) is 2.04. The lowest BCUT2D eigenvalue weighted by Crippen LogP contribution is -2.61. The van der Waals surface area contributed by atoms with Crippen LogP contribution in [0.1, 0.15) is 38.1 Å². The molecule has 1 atom stereocenters. The molecule has 0 spiro atoms. The maximum Gasteiger partial charge on any atom is 0.410 e. The van der Waals surface area contributed by atoms with Crippen molar-refractivity contribution in [1.82, 2.24) is 15.1 Å². The van der Waals surface area contributed by atoms with Gasteiger partial charge in [-0.25, -0.2) is 4.79 Å². The average molecular weight is 296 g/mol. The highest BCUT2D eigenvalue weighted by Crippen LogP contribution is 2.35. The number of carbonyl (C=O) groups is 1. The van der Waals surface area contributed by atoms with E-state index in [2.05, 4.69) is 35.9 Å². The van der Waals surface area contributed by atoms with Gasteiger partial charge in [0.2, 0.25) is 5.13 Å². The van der Waals surface area contributed by atoms with Crippen LogP contribution in [0.3, 0.4) is 0 Å². The van der Waals surface area contributed by atoms with Gasteiger partial charge in [0, 0.05) is 25.6 Å². The molecule has 3 heterocycles. The fraction of sp³-hybridized carbons (Fsp3) is 0.769. The first kappa shape index (κ1) is 13.6. The highest BCUT2D eigenvalue weighted by molar-refractivity contribution is 7.15. The van der Waals surface area contributed by atoms with E-state index >= 15 is 0 Å². The van der Waals surface area contributed by atoms with Gasteiger partial charge in [-0.1, -0.05) is 32.1 Å². The molecule has 1 amide bonds. The van der Waals surface area contributed by atoms with Crippen molar-refractivity contribution in [2.45, 2.75) is 38.6 Å². The van der Waals surface area contributed by atoms with E-state index in [1.807, 2.05) is 4.90 Å². The highest BCUT2D eigenvalue weighted by atomic mass is 32.1. The maximum absolute atomic E-state index is 11.8. The van der Waals surface area contributed by atoms with E-state index in [0.29, 0.717) is 19.1 Å². The van der Waals surface area contributed by atoms with Crippen LogP contribution in [0.15, 0.2) is 0 Å². The molecule has 0 bridgehead atoms. The van der Waals surface area contributed by atoms with Crippen molar-refractivity contribution in [1.29, 1.82) is 0 Å². The van der Waals surface area contributed by atoms with Crippen LogP contribution < -0.4 is 4.90 Å². The lowest BCUT2D eigenvalue weighted by Gasteiger charge is -2.43. The monoisotopic (exact) mass is 296 g/mol. The fourth-order valence-corrected chi connectivity index (χ4v) is 3.69. The van der Waals surface area contributed by atoms with Crippen LogP contribution in [0.2, 0.25) is 0 Å². The number of rotatable bonds is 3. The number of aromatic nitrogens is 2. The first-order chi connectivity index (χ1) is 9.55. The second kappa shape index (κ2) is 4.87. The van der Waals surface area contributed by atoms with Gasteiger partial charge in [0.1, 0.15) is 11.6 Å². The molecule has 0 aliphatic carbocycles. The normalized spacial score (nSPS) is 26.1. The second-order valence-corrected chi connectivity index (χ2v) is 6.77. The molecular formula is C13H20N4O2S. The van der Waals surface area contributed by atoms with E-state index in [-0.39, 0.29) is 11.6 Å². The highest BCUT2D eigenvalue weighted by Gasteiger charge is 2.50. The molecule has 3 rings (SSSR count). The van der Waals surface area contributed by atoms with Crippen LogP contribution in [0, 0.1) is 0 Å². The Morgan fingerprint density at radius 2 is 2.20 bits per heavy atom. The van der Waals surface area contributed by atoms with E-state index < -0.39 is 0 Å². The maximum atomic E-state index is 11.8. The minimum Gasteiger partial charge on any atom is -0.447 e. The topological polar surface area (TPSA) is 58.6 Å². The summed E-state index contributed by atoms with van der Waals surface area (Å²) in [5.41, 5.74) is -0.195. The van der Waals surface area contributed by atoms with Gasteiger partial charge in [0.25, 0.3) is 0 Å². The van der Waals surface area contributed by atoms with Gasteiger partial charge in [-0.2, -0.15) is 0 Å². The van der Waals surface area contributed by atoms with E-state index in [0.717, 1.165) is 29.6 Å². The largest absolute Gasteiger partial charge is 0.447 e. The minimum atomic E-state index is -0.195. The zero-order valence-corrected chi connectivity index (χ0v) is 12.9. The summed E-state index contributed by atoms with van der Waals surface area (Å²) in [7, 11) is 0. The summed E-state index contributed by atoms with van der Waals surface area (Å²) >= 11 is 1.65. The Kier molecular flexibility index (Phi) is 3.32. The number of hydrogen-bond acceptors (Lipinski definition) is 6. The van der Waals surface area contributed by atoms with Gasteiger partial charge in [-0.15, -0.1) is 10.2 Å². The summed E-state index contributed by atoms with van der Waals surface area (Å²) in [6.45, 7) is 9.11. The van der Waals surface area contributed by atoms with Crippen molar-refractivity contribution in [3.8, 4) is 0 Å². The predicted octanol–water partition coefficient (Wildman–Crippen LogP) is 2.08. The van der Waals surface area contributed by atoms with Crippen molar-refractivity contribution in [3.63, 3.8) is 0 Å². The molecule has 0 saturated carbocycles. The van der Waals surface area contributed by atoms with E-state index in [4.69, 9.17) is 4.74 Å². The van der Waals surface area contributed by atoms with Gasteiger partial charge in [0.15, 0.2) is 0 Å². The van der Waals surface area contributed by atoms with Gasteiger partial charge in [-0.3, -0.25) is 4.90 Å². The Morgan fingerprint density at radius 1 is 1.40 bits per heavy atom. The summed E-state index contributed by atoms with van der Waals surface area (Å²) in [5.74, 6) is 0.402. The molecule has 2 aliphatic rings. The first-order valence-electron chi connectivity index (χ1n) is 7.08. The molecule has 0 N–H and O–H groups in total. The van der Waals surface area contributed by atoms with Crippen molar-refractivity contribution >= 4 is 22.6 Å². The van der Waals surface area contributed by atoms with E-state index in [1.54, 1.807) is 11.3 Å². The van der Waals surface area contributed by atoms with Crippen LogP contribution >= 0.6 is 11.3 Å². The Morgan fingerprint density at radius 3 is 2.85 bits per heavy atom. The van der Waals surface area contributed by atoms with Crippen LogP contribution in [0.25, 0.3) is 0 Å². The Hall–Kier alpha value is -1.37. The molecule has 2 fully saturated rings. The van der Waals surface area contributed by atoms with Crippen molar-refractivity contribution in [2.24, 2.45) is 0 Å². The van der Waals surface area contributed by atoms with Crippen LogP contribution in [-0.2, 0) is 4.74 Å². The lowest BCUT2D eigenvalue weighted by molar-refractivity contribution is 0.137. The minimum absolute atomic E-state index is 0.174. The summed E-state index contributed by atoms with van der Waals surface area (Å²) in [4.78, 5) is 15.9. The zero-order chi connectivity index (χ0) is 14.3. The van der Waals surface area contributed by atoms with Gasteiger partial charge < -0.3 is 9.64 Å². The molecule has 0 radical (unpaired) electrons.